The van der Waals surface area contributed by atoms with Gasteiger partial charge in [-0.25, -0.2) is 0 Å². The lowest BCUT2D eigenvalue weighted by atomic mass is 10.2. The molecule has 18 heavy (non-hydrogen) atoms. The van der Waals surface area contributed by atoms with Crippen LogP contribution in [-0.4, -0.2) is 32.0 Å². The quantitative estimate of drug-likeness (QED) is 0.661. The van der Waals surface area contributed by atoms with E-state index in [4.69, 9.17) is 14.6 Å². The van der Waals surface area contributed by atoms with Crippen LogP contribution in [0.2, 0.25) is 0 Å². The number of nitrogens with one attached hydrogen (secondary N) is 1. The van der Waals surface area contributed by atoms with Crippen LogP contribution in [0.3, 0.4) is 0 Å². The van der Waals surface area contributed by atoms with Crippen molar-refractivity contribution in [2.75, 3.05) is 26.9 Å². The average Bonchev–Trinajstić information content (AvgIpc) is 2.40. The second kappa shape index (κ2) is 8.78. The summed E-state index contributed by atoms with van der Waals surface area (Å²) in [6.45, 7) is 4.48. The second-order valence-electron chi connectivity index (χ2n) is 3.99. The molecule has 0 unspecified atom stereocenters. The summed E-state index contributed by atoms with van der Waals surface area (Å²) in [7, 11) is 1.65. The van der Waals surface area contributed by atoms with Crippen molar-refractivity contribution in [1.29, 1.82) is 0 Å². The number of ether oxygens (including phenoxy) is 2. The first kappa shape index (κ1) is 14.8. The Morgan fingerprint density at radius 1 is 1.28 bits per heavy atom. The maximum Gasteiger partial charge on any atom is 0.165 e. The molecule has 0 saturated carbocycles. The van der Waals surface area contributed by atoms with E-state index in [0.717, 1.165) is 43.0 Å². The third kappa shape index (κ3) is 4.55. The smallest absolute Gasteiger partial charge is 0.165 e. The minimum absolute atomic E-state index is 0.255. The van der Waals surface area contributed by atoms with Crippen LogP contribution in [0.25, 0.3) is 0 Å². The van der Waals surface area contributed by atoms with E-state index in [1.165, 1.54) is 0 Å². The van der Waals surface area contributed by atoms with Gasteiger partial charge in [0.25, 0.3) is 0 Å². The molecule has 0 aliphatic heterocycles. The van der Waals surface area contributed by atoms with Crippen LogP contribution >= 0.6 is 0 Å². The van der Waals surface area contributed by atoms with E-state index in [2.05, 4.69) is 5.32 Å². The van der Waals surface area contributed by atoms with Crippen molar-refractivity contribution in [2.24, 2.45) is 0 Å². The van der Waals surface area contributed by atoms with Gasteiger partial charge in [-0.05, 0) is 32.4 Å². The maximum atomic E-state index is 8.70. The molecule has 0 amide bonds. The summed E-state index contributed by atoms with van der Waals surface area (Å²) in [5.74, 6) is 1.59. The van der Waals surface area contributed by atoms with Crippen LogP contribution < -0.4 is 14.8 Å². The summed E-state index contributed by atoms with van der Waals surface area (Å²) in [5, 5.41) is 12.0. The fraction of sp³-hybridized carbons (Fsp3) is 0.571. The van der Waals surface area contributed by atoms with E-state index >= 15 is 0 Å². The summed E-state index contributed by atoms with van der Waals surface area (Å²) in [4.78, 5) is 0. The topological polar surface area (TPSA) is 50.7 Å². The van der Waals surface area contributed by atoms with Gasteiger partial charge in [0.15, 0.2) is 11.5 Å². The highest BCUT2D eigenvalue weighted by atomic mass is 16.5. The lowest BCUT2D eigenvalue weighted by Gasteiger charge is -2.14. The van der Waals surface area contributed by atoms with E-state index in [9.17, 15) is 0 Å². The highest BCUT2D eigenvalue weighted by molar-refractivity contribution is 5.46. The zero-order valence-electron chi connectivity index (χ0n) is 11.2. The molecule has 0 aromatic heterocycles. The van der Waals surface area contributed by atoms with Gasteiger partial charge in [0, 0.05) is 18.7 Å². The van der Waals surface area contributed by atoms with Gasteiger partial charge >= 0.3 is 0 Å². The van der Waals surface area contributed by atoms with Gasteiger partial charge in [0.2, 0.25) is 0 Å². The highest BCUT2D eigenvalue weighted by Crippen LogP contribution is 2.30. The molecule has 0 spiro atoms. The Hall–Kier alpha value is -1.26. The van der Waals surface area contributed by atoms with Gasteiger partial charge in [-0.15, -0.1) is 0 Å². The highest BCUT2D eigenvalue weighted by Gasteiger charge is 2.09. The minimum Gasteiger partial charge on any atom is -0.493 e. The molecule has 0 atom stereocenters. The fourth-order valence-electron chi connectivity index (χ4n) is 1.75. The Kier molecular flexibility index (Phi) is 7.22. The molecular formula is C14H23NO3. The Balaban J connectivity index is 2.57. The molecule has 0 saturated heterocycles. The molecule has 1 aromatic carbocycles. The van der Waals surface area contributed by atoms with Crippen LogP contribution in [0.4, 0.5) is 0 Å². The van der Waals surface area contributed by atoms with Gasteiger partial charge < -0.3 is 19.9 Å². The molecule has 0 bridgehead atoms. The Bertz CT molecular complexity index is 342. The van der Waals surface area contributed by atoms with Gasteiger partial charge in [-0.3, -0.25) is 0 Å². The normalized spacial score (nSPS) is 10.4. The van der Waals surface area contributed by atoms with Crippen molar-refractivity contribution >= 4 is 0 Å². The van der Waals surface area contributed by atoms with E-state index in [1.807, 2.05) is 25.1 Å². The Morgan fingerprint density at radius 2 is 2.11 bits per heavy atom. The molecule has 4 nitrogen and oxygen atoms in total. The van der Waals surface area contributed by atoms with Crippen molar-refractivity contribution in [2.45, 2.75) is 26.3 Å². The lowest BCUT2D eigenvalue weighted by molar-refractivity contribution is 0.283. The van der Waals surface area contributed by atoms with Gasteiger partial charge in [-0.2, -0.15) is 0 Å². The number of hydrogen-bond donors (Lipinski definition) is 2. The van der Waals surface area contributed by atoms with E-state index in [1.54, 1.807) is 7.11 Å². The largest absolute Gasteiger partial charge is 0.493 e. The van der Waals surface area contributed by atoms with E-state index < -0.39 is 0 Å². The van der Waals surface area contributed by atoms with Crippen molar-refractivity contribution in [3.8, 4) is 11.5 Å². The van der Waals surface area contributed by atoms with Crippen molar-refractivity contribution in [1.82, 2.24) is 5.32 Å². The SMILES string of the molecule is CCOc1c(CNCCCCO)cccc1OC. The second-order valence-corrected chi connectivity index (χ2v) is 3.99. The fourth-order valence-corrected chi connectivity index (χ4v) is 1.75. The zero-order valence-corrected chi connectivity index (χ0v) is 11.2. The molecule has 1 rings (SSSR count). The van der Waals surface area contributed by atoms with Gasteiger partial charge in [-0.1, -0.05) is 12.1 Å². The molecule has 1 aromatic rings. The number of benzene rings is 1. The number of methoxy groups -OCH3 is 1. The molecule has 0 aliphatic carbocycles. The summed E-state index contributed by atoms with van der Waals surface area (Å²) < 4.78 is 10.9. The number of unbranched alkanes of at least 4 members (excludes halogenated alkanes) is 1. The van der Waals surface area contributed by atoms with Crippen LogP contribution in [0, 0.1) is 0 Å². The standard InChI is InChI=1S/C14H23NO3/c1-3-18-14-12(7-6-8-13(14)17-2)11-15-9-4-5-10-16/h6-8,15-16H,3-5,9-11H2,1-2H3. The van der Waals surface area contributed by atoms with Crippen LogP contribution in [0.15, 0.2) is 18.2 Å². The molecule has 102 valence electrons. The number of rotatable bonds is 9. The van der Waals surface area contributed by atoms with E-state index in [-0.39, 0.29) is 6.61 Å². The third-order valence-electron chi connectivity index (χ3n) is 2.65. The first-order valence-electron chi connectivity index (χ1n) is 6.43. The van der Waals surface area contributed by atoms with Crippen LogP contribution in [0.5, 0.6) is 11.5 Å². The van der Waals surface area contributed by atoms with Crippen LogP contribution in [0.1, 0.15) is 25.3 Å². The Labute approximate surface area is 109 Å². The van der Waals surface area contributed by atoms with Crippen LogP contribution in [-0.2, 0) is 6.54 Å². The number of aliphatic hydroxyl groups excluding tert-OH is 1. The summed E-state index contributed by atoms with van der Waals surface area (Å²) >= 11 is 0. The summed E-state index contributed by atoms with van der Waals surface area (Å²) in [5.41, 5.74) is 1.10. The first-order valence-corrected chi connectivity index (χ1v) is 6.43. The van der Waals surface area contributed by atoms with Gasteiger partial charge in [0.1, 0.15) is 0 Å². The van der Waals surface area contributed by atoms with Gasteiger partial charge in [0.05, 0.1) is 13.7 Å². The summed E-state index contributed by atoms with van der Waals surface area (Å²) in [6.07, 6.45) is 1.81. The predicted molar refractivity (Wildman–Crippen MR) is 72.2 cm³/mol. The van der Waals surface area contributed by atoms with E-state index in [0.29, 0.717) is 6.61 Å². The molecular weight excluding hydrogens is 230 g/mol. The third-order valence-corrected chi connectivity index (χ3v) is 2.65. The van der Waals surface area contributed by atoms with Crippen molar-refractivity contribution in [3.05, 3.63) is 23.8 Å². The maximum absolute atomic E-state index is 8.70. The molecule has 0 radical (unpaired) electrons. The molecule has 2 N–H and O–H groups in total. The molecule has 0 heterocycles. The molecule has 0 fully saturated rings. The average molecular weight is 253 g/mol. The first-order chi connectivity index (χ1) is 8.83. The lowest BCUT2D eigenvalue weighted by Crippen LogP contribution is -2.16. The Morgan fingerprint density at radius 3 is 2.78 bits per heavy atom. The predicted octanol–water partition coefficient (Wildman–Crippen LogP) is 1.96. The van der Waals surface area contributed by atoms with Crippen molar-refractivity contribution < 1.29 is 14.6 Å². The monoisotopic (exact) mass is 253 g/mol. The number of hydrogen-bond acceptors (Lipinski definition) is 4. The molecule has 0 aliphatic rings. The van der Waals surface area contributed by atoms with Crippen molar-refractivity contribution in [3.63, 3.8) is 0 Å². The summed E-state index contributed by atoms with van der Waals surface area (Å²) in [6, 6.07) is 5.90. The zero-order chi connectivity index (χ0) is 13.2. The number of para-hydroxylation sites is 1. The molecule has 4 heteroatoms. The number of aliphatic hydroxyl groups is 1. The minimum atomic E-state index is 0.255.